The molecule has 0 heterocycles. The van der Waals surface area contributed by atoms with Gasteiger partial charge in [0, 0.05) is 11.1 Å². The molecule has 0 aliphatic rings. The minimum atomic E-state index is -1.04. The summed E-state index contributed by atoms with van der Waals surface area (Å²) in [6.07, 6.45) is 0. The molecule has 0 unspecified atom stereocenters. The molecule has 1 N–H and O–H groups in total. The van der Waals surface area contributed by atoms with Gasteiger partial charge in [0.15, 0.2) is 11.5 Å². The lowest BCUT2D eigenvalue weighted by molar-refractivity contribution is 0.0696. The van der Waals surface area contributed by atoms with E-state index in [-0.39, 0.29) is 5.56 Å². The molecule has 0 spiro atoms. The Hall–Kier alpha value is -2.69. The van der Waals surface area contributed by atoms with Crippen LogP contribution in [0.3, 0.4) is 0 Å². The first-order valence-corrected chi connectivity index (χ1v) is 6.25. The van der Waals surface area contributed by atoms with Crippen molar-refractivity contribution in [1.29, 1.82) is 0 Å². The minimum absolute atomic E-state index is 0.119. The summed E-state index contributed by atoms with van der Waals surface area (Å²) < 4.78 is 15.9. The van der Waals surface area contributed by atoms with E-state index in [1.807, 2.05) is 18.2 Å². The summed E-state index contributed by atoms with van der Waals surface area (Å²) in [5, 5.41) is 9.24. The molecule has 5 nitrogen and oxygen atoms in total. The number of methoxy groups -OCH3 is 3. The maximum Gasteiger partial charge on any atom is 0.335 e. The Morgan fingerprint density at radius 2 is 1.57 bits per heavy atom. The Bertz CT molecular complexity index is 664. The van der Waals surface area contributed by atoms with Gasteiger partial charge < -0.3 is 19.3 Å². The number of ether oxygens (including phenoxy) is 3. The van der Waals surface area contributed by atoms with Crippen molar-refractivity contribution in [2.45, 2.75) is 0 Å². The SMILES string of the molecule is COc1ccccc1-c1cc(C(=O)O)cc(OC)c1OC. The van der Waals surface area contributed by atoms with E-state index in [2.05, 4.69) is 0 Å². The number of benzene rings is 2. The molecule has 2 aromatic rings. The number of aromatic carboxylic acids is 1. The van der Waals surface area contributed by atoms with Gasteiger partial charge in [-0.1, -0.05) is 18.2 Å². The standard InChI is InChI=1S/C16H16O5/c1-19-13-7-5-4-6-11(13)12-8-10(16(17)18)9-14(20-2)15(12)21-3/h4-9H,1-3H3,(H,17,18). The van der Waals surface area contributed by atoms with Crippen molar-refractivity contribution in [2.75, 3.05) is 21.3 Å². The Morgan fingerprint density at radius 1 is 0.905 bits per heavy atom. The van der Waals surface area contributed by atoms with Crippen LogP contribution in [-0.4, -0.2) is 32.4 Å². The molecular formula is C16H16O5. The van der Waals surface area contributed by atoms with E-state index < -0.39 is 5.97 Å². The lowest BCUT2D eigenvalue weighted by Gasteiger charge is -2.16. The highest BCUT2D eigenvalue weighted by atomic mass is 16.5. The van der Waals surface area contributed by atoms with Gasteiger partial charge in [-0.05, 0) is 18.2 Å². The molecule has 0 aromatic heterocycles. The number of para-hydroxylation sites is 1. The van der Waals surface area contributed by atoms with Gasteiger partial charge in [-0.25, -0.2) is 4.79 Å². The van der Waals surface area contributed by atoms with Gasteiger partial charge >= 0.3 is 5.97 Å². The van der Waals surface area contributed by atoms with Crippen LogP contribution in [0.5, 0.6) is 17.2 Å². The van der Waals surface area contributed by atoms with E-state index in [0.29, 0.717) is 22.8 Å². The lowest BCUT2D eigenvalue weighted by atomic mass is 10.00. The largest absolute Gasteiger partial charge is 0.496 e. The average Bonchev–Trinajstić information content (AvgIpc) is 2.53. The van der Waals surface area contributed by atoms with Crippen molar-refractivity contribution >= 4 is 5.97 Å². The highest BCUT2D eigenvalue weighted by molar-refractivity contribution is 5.92. The second-order valence-corrected chi connectivity index (χ2v) is 4.26. The maximum absolute atomic E-state index is 11.3. The molecule has 0 saturated carbocycles. The average molecular weight is 288 g/mol. The molecule has 0 radical (unpaired) electrons. The molecule has 0 aliphatic heterocycles. The zero-order valence-electron chi connectivity index (χ0n) is 12.0. The van der Waals surface area contributed by atoms with Gasteiger partial charge in [0.2, 0.25) is 0 Å². The third-order valence-electron chi connectivity index (χ3n) is 3.12. The summed E-state index contributed by atoms with van der Waals surface area (Å²) in [4.78, 5) is 11.3. The van der Waals surface area contributed by atoms with E-state index in [1.54, 1.807) is 19.2 Å². The molecule has 2 rings (SSSR count). The van der Waals surface area contributed by atoms with Gasteiger partial charge in [-0.15, -0.1) is 0 Å². The third kappa shape index (κ3) is 2.76. The van der Waals surface area contributed by atoms with E-state index in [0.717, 1.165) is 5.56 Å². The van der Waals surface area contributed by atoms with Crippen molar-refractivity contribution in [3.63, 3.8) is 0 Å². The molecule has 0 saturated heterocycles. The van der Waals surface area contributed by atoms with E-state index >= 15 is 0 Å². The number of carboxylic acids is 1. The number of hydrogen-bond acceptors (Lipinski definition) is 4. The minimum Gasteiger partial charge on any atom is -0.496 e. The summed E-state index contributed by atoms with van der Waals surface area (Å²) in [7, 11) is 4.54. The monoisotopic (exact) mass is 288 g/mol. The normalized spacial score (nSPS) is 10.0. The zero-order chi connectivity index (χ0) is 15.4. The van der Waals surface area contributed by atoms with Crippen LogP contribution in [0, 0.1) is 0 Å². The molecule has 0 fully saturated rings. The summed E-state index contributed by atoms with van der Waals surface area (Å²) in [6, 6.07) is 10.3. The van der Waals surface area contributed by atoms with Crippen LogP contribution in [0.1, 0.15) is 10.4 Å². The highest BCUT2D eigenvalue weighted by Gasteiger charge is 2.19. The predicted octanol–water partition coefficient (Wildman–Crippen LogP) is 3.08. The summed E-state index contributed by atoms with van der Waals surface area (Å²) in [5.41, 5.74) is 1.46. The number of rotatable bonds is 5. The molecule has 110 valence electrons. The summed E-state index contributed by atoms with van der Waals surface area (Å²) in [5.74, 6) is 0.415. The zero-order valence-corrected chi connectivity index (χ0v) is 12.0. The first-order chi connectivity index (χ1) is 10.1. The fraction of sp³-hybridized carbons (Fsp3) is 0.188. The molecule has 0 amide bonds. The fourth-order valence-electron chi connectivity index (χ4n) is 2.16. The van der Waals surface area contributed by atoms with Crippen molar-refractivity contribution in [3.05, 3.63) is 42.0 Å². The smallest absolute Gasteiger partial charge is 0.335 e. The molecular weight excluding hydrogens is 272 g/mol. The first kappa shape index (κ1) is 14.7. The van der Waals surface area contributed by atoms with Gasteiger partial charge in [0.1, 0.15) is 5.75 Å². The fourth-order valence-corrected chi connectivity index (χ4v) is 2.16. The first-order valence-electron chi connectivity index (χ1n) is 6.25. The van der Waals surface area contributed by atoms with E-state index in [4.69, 9.17) is 14.2 Å². The van der Waals surface area contributed by atoms with Crippen molar-refractivity contribution < 1.29 is 24.1 Å². The Morgan fingerprint density at radius 3 is 2.14 bits per heavy atom. The van der Waals surface area contributed by atoms with Crippen LogP contribution >= 0.6 is 0 Å². The van der Waals surface area contributed by atoms with Gasteiger partial charge in [-0.2, -0.15) is 0 Å². The van der Waals surface area contributed by atoms with Crippen LogP contribution in [0.2, 0.25) is 0 Å². The van der Waals surface area contributed by atoms with Gasteiger partial charge in [-0.3, -0.25) is 0 Å². The van der Waals surface area contributed by atoms with E-state index in [9.17, 15) is 9.90 Å². The summed E-state index contributed by atoms with van der Waals surface area (Å²) in [6.45, 7) is 0. The molecule has 0 atom stereocenters. The number of carboxylic acid groups (broad SMARTS) is 1. The second kappa shape index (κ2) is 6.17. The van der Waals surface area contributed by atoms with Crippen molar-refractivity contribution in [1.82, 2.24) is 0 Å². The molecule has 0 aliphatic carbocycles. The van der Waals surface area contributed by atoms with Gasteiger partial charge in [0.05, 0.1) is 26.9 Å². The molecule has 21 heavy (non-hydrogen) atoms. The van der Waals surface area contributed by atoms with Crippen LogP contribution in [0.4, 0.5) is 0 Å². The van der Waals surface area contributed by atoms with Crippen molar-refractivity contribution in [3.8, 4) is 28.4 Å². The number of carbonyl (C=O) groups is 1. The summed E-state index contributed by atoms with van der Waals surface area (Å²) >= 11 is 0. The lowest BCUT2D eigenvalue weighted by Crippen LogP contribution is -2.01. The van der Waals surface area contributed by atoms with Crippen LogP contribution in [0.15, 0.2) is 36.4 Å². The van der Waals surface area contributed by atoms with E-state index in [1.165, 1.54) is 20.3 Å². The molecule has 5 heteroatoms. The van der Waals surface area contributed by atoms with Crippen LogP contribution in [-0.2, 0) is 0 Å². The number of hydrogen-bond donors (Lipinski definition) is 1. The second-order valence-electron chi connectivity index (χ2n) is 4.26. The molecule has 0 bridgehead atoms. The van der Waals surface area contributed by atoms with Crippen LogP contribution < -0.4 is 14.2 Å². The molecule has 2 aromatic carbocycles. The van der Waals surface area contributed by atoms with Gasteiger partial charge in [0.25, 0.3) is 0 Å². The third-order valence-corrected chi connectivity index (χ3v) is 3.12. The van der Waals surface area contributed by atoms with Crippen LogP contribution in [0.25, 0.3) is 11.1 Å². The Balaban J connectivity index is 2.76. The highest BCUT2D eigenvalue weighted by Crippen LogP contribution is 2.42. The Labute approximate surface area is 122 Å². The maximum atomic E-state index is 11.3. The predicted molar refractivity (Wildman–Crippen MR) is 78.5 cm³/mol. The quantitative estimate of drug-likeness (QED) is 0.916. The Kier molecular flexibility index (Phi) is 4.33. The topological polar surface area (TPSA) is 65.0 Å². The van der Waals surface area contributed by atoms with Crippen molar-refractivity contribution in [2.24, 2.45) is 0 Å².